The smallest absolute Gasteiger partial charge is 0.274 e. The van der Waals surface area contributed by atoms with E-state index in [4.69, 9.17) is 5.84 Å². The van der Waals surface area contributed by atoms with E-state index in [1.807, 2.05) is 0 Å². The third-order valence-corrected chi connectivity index (χ3v) is 2.99. The molecule has 0 saturated carbocycles. The SMILES string of the molecule is NNc1ccnc(C(=O)Nc2ccc(F)cc2Br)c1. The number of nitrogens with two attached hydrogens (primary N) is 1. The van der Waals surface area contributed by atoms with Gasteiger partial charge < -0.3 is 10.7 Å². The Morgan fingerprint density at radius 3 is 2.79 bits per heavy atom. The van der Waals surface area contributed by atoms with Crippen molar-refractivity contribution in [1.29, 1.82) is 0 Å². The van der Waals surface area contributed by atoms with Crippen LogP contribution in [0.2, 0.25) is 0 Å². The molecule has 0 spiro atoms. The minimum atomic E-state index is -0.413. The highest BCUT2D eigenvalue weighted by Crippen LogP contribution is 2.23. The van der Waals surface area contributed by atoms with Crippen LogP contribution in [0.1, 0.15) is 10.5 Å². The predicted molar refractivity (Wildman–Crippen MR) is 74.1 cm³/mol. The van der Waals surface area contributed by atoms with Gasteiger partial charge in [-0.05, 0) is 46.3 Å². The Kier molecular flexibility index (Phi) is 4.08. The van der Waals surface area contributed by atoms with E-state index in [1.54, 1.807) is 6.07 Å². The molecule has 0 atom stereocenters. The van der Waals surface area contributed by atoms with Crippen molar-refractivity contribution in [3.05, 3.63) is 52.5 Å². The molecule has 1 amide bonds. The first kappa shape index (κ1) is 13.4. The second-order valence-corrected chi connectivity index (χ2v) is 4.51. The first-order chi connectivity index (χ1) is 9.10. The van der Waals surface area contributed by atoms with Crippen molar-refractivity contribution >= 4 is 33.2 Å². The first-order valence-electron chi connectivity index (χ1n) is 5.29. The number of halogens is 2. The molecule has 0 unspecified atom stereocenters. The van der Waals surface area contributed by atoms with Gasteiger partial charge in [0, 0.05) is 10.7 Å². The summed E-state index contributed by atoms with van der Waals surface area (Å²) >= 11 is 3.17. The molecule has 7 heteroatoms. The average molecular weight is 325 g/mol. The lowest BCUT2D eigenvalue weighted by atomic mass is 10.2. The molecule has 19 heavy (non-hydrogen) atoms. The number of anilines is 2. The summed E-state index contributed by atoms with van der Waals surface area (Å²) in [6, 6.07) is 7.12. The van der Waals surface area contributed by atoms with E-state index in [-0.39, 0.29) is 5.69 Å². The standard InChI is InChI=1S/C12H10BrFN4O/c13-9-5-7(14)1-2-10(9)17-12(19)11-6-8(18-15)3-4-16-11/h1-6H,15H2,(H,16,18)(H,17,19). The van der Waals surface area contributed by atoms with Crippen LogP contribution in [-0.4, -0.2) is 10.9 Å². The Morgan fingerprint density at radius 2 is 2.11 bits per heavy atom. The van der Waals surface area contributed by atoms with Gasteiger partial charge in [0.2, 0.25) is 0 Å². The predicted octanol–water partition coefficient (Wildman–Crippen LogP) is 2.52. The molecular formula is C12H10BrFN4O. The molecule has 1 aromatic carbocycles. The third kappa shape index (κ3) is 3.27. The summed E-state index contributed by atoms with van der Waals surface area (Å²) in [5.74, 6) is 4.45. The van der Waals surface area contributed by atoms with Gasteiger partial charge >= 0.3 is 0 Å². The number of nitrogens with one attached hydrogen (secondary N) is 2. The van der Waals surface area contributed by atoms with Gasteiger partial charge in [-0.25, -0.2) is 4.39 Å². The number of hydrogen-bond donors (Lipinski definition) is 3. The van der Waals surface area contributed by atoms with E-state index in [0.29, 0.717) is 15.8 Å². The zero-order chi connectivity index (χ0) is 13.8. The van der Waals surface area contributed by atoms with E-state index in [2.05, 4.69) is 31.7 Å². The number of hydrazine groups is 1. The maximum atomic E-state index is 12.9. The molecule has 1 heterocycles. The number of carbonyl (C=O) groups excluding carboxylic acids is 1. The van der Waals surface area contributed by atoms with Crippen molar-refractivity contribution in [1.82, 2.24) is 4.98 Å². The largest absolute Gasteiger partial charge is 0.324 e. The molecule has 0 bridgehead atoms. The number of aromatic nitrogens is 1. The van der Waals surface area contributed by atoms with Crippen molar-refractivity contribution in [2.24, 2.45) is 5.84 Å². The van der Waals surface area contributed by atoms with Gasteiger partial charge in [-0.15, -0.1) is 0 Å². The summed E-state index contributed by atoms with van der Waals surface area (Å²) < 4.78 is 13.4. The lowest BCUT2D eigenvalue weighted by molar-refractivity contribution is 0.102. The Labute approximate surface area is 117 Å². The van der Waals surface area contributed by atoms with Gasteiger partial charge in [-0.2, -0.15) is 0 Å². The first-order valence-corrected chi connectivity index (χ1v) is 6.08. The third-order valence-electron chi connectivity index (χ3n) is 2.34. The number of benzene rings is 1. The van der Waals surface area contributed by atoms with Crippen LogP contribution in [0.15, 0.2) is 41.0 Å². The number of nitrogens with zero attached hydrogens (tertiary/aromatic N) is 1. The molecule has 0 aliphatic rings. The molecule has 5 nitrogen and oxygen atoms in total. The molecule has 0 aliphatic heterocycles. The fraction of sp³-hybridized carbons (Fsp3) is 0. The molecular weight excluding hydrogens is 315 g/mol. The van der Waals surface area contributed by atoms with Crippen molar-refractivity contribution in [3.8, 4) is 0 Å². The molecule has 0 aliphatic carbocycles. The molecule has 0 saturated heterocycles. The van der Waals surface area contributed by atoms with Crippen LogP contribution in [0.25, 0.3) is 0 Å². The molecule has 4 N–H and O–H groups in total. The Balaban J connectivity index is 2.20. The summed E-state index contributed by atoms with van der Waals surface area (Å²) in [5.41, 5.74) is 3.65. The summed E-state index contributed by atoms with van der Waals surface area (Å²) in [4.78, 5) is 15.9. The maximum Gasteiger partial charge on any atom is 0.274 e. The number of hydrogen-bond acceptors (Lipinski definition) is 4. The molecule has 2 aromatic rings. The van der Waals surface area contributed by atoms with Gasteiger partial charge in [0.05, 0.1) is 11.4 Å². The van der Waals surface area contributed by atoms with Crippen molar-refractivity contribution in [2.45, 2.75) is 0 Å². The van der Waals surface area contributed by atoms with Crippen molar-refractivity contribution in [2.75, 3.05) is 10.7 Å². The van der Waals surface area contributed by atoms with Crippen LogP contribution < -0.4 is 16.6 Å². The number of rotatable bonds is 3. The lowest BCUT2D eigenvalue weighted by Gasteiger charge is -2.07. The van der Waals surface area contributed by atoms with E-state index >= 15 is 0 Å². The van der Waals surface area contributed by atoms with Crippen LogP contribution in [0.4, 0.5) is 15.8 Å². The van der Waals surface area contributed by atoms with Crippen LogP contribution in [0.5, 0.6) is 0 Å². The van der Waals surface area contributed by atoms with Gasteiger partial charge in [0.1, 0.15) is 11.5 Å². The van der Waals surface area contributed by atoms with Crippen LogP contribution in [-0.2, 0) is 0 Å². The highest BCUT2D eigenvalue weighted by molar-refractivity contribution is 9.10. The van der Waals surface area contributed by atoms with E-state index in [1.165, 1.54) is 30.5 Å². The fourth-order valence-corrected chi connectivity index (χ4v) is 1.87. The number of amides is 1. The number of carbonyl (C=O) groups is 1. The molecule has 1 aromatic heterocycles. The van der Waals surface area contributed by atoms with Gasteiger partial charge in [-0.1, -0.05) is 0 Å². The van der Waals surface area contributed by atoms with Crippen LogP contribution in [0.3, 0.4) is 0 Å². The highest BCUT2D eigenvalue weighted by atomic mass is 79.9. The lowest BCUT2D eigenvalue weighted by Crippen LogP contribution is -2.15. The van der Waals surface area contributed by atoms with Crippen LogP contribution >= 0.6 is 15.9 Å². The monoisotopic (exact) mass is 324 g/mol. The average Bonchev–Trinajstić information content (AvgIpc) is 2.42. The topological polar surface area (TPSA) is 80.0 Å². The zero-order valence-corrected chi connectivity index (χ0v) is 11.2. The van der Waals surface area contributed by atoms with E-state index in [0.717, 1.165) is 0 Å². The second-order valence-electron chi connectivity index (χ2n) is 3.65. The summed E-state index contributed by atoms with van der Waals surface area (Å²) in [7, 11) is 0. The number of nitrogen functional groups attached to an aromatic ring is 1. The van der Waals surface area contributed by atoms with Crippen LogP contribution in [0, 0.1) is 5.82 Å². The molecule has 0 fully saturated rings. The Bertz CT molecular complexity index is 620. The summed E-state index contributed by atoms with van der Waals surface area (Å²) in [5, 5.41) is 2.62. The Morgan fingerprint density at radius 1 is 1.32 bits per heavy atom. The quantitative estimate of drug-likeness (QED) is 0.598. The molecule has 98 valence electrons. The fourth-order valence-electron chi connectivity index (χ4n) is 1.42. The van der Waals surface area contributed by atoms with Gasteiger partial charge in [0.15, 0.2) is 0 Å². The minimum Gasteiger partial charge on any atom is -0.324 e. The number of pyridine rings is 1. The normalized spacial score (nSPS) is 10.1. The van der Waals surface area contributed by atoms with E-state index in [9.17, 15) is 9.18 Å². The highest BCUT2D eigenvalue weighted by Gasteiger charge is 2.10. The van der Waals surface area contributed by atoms with E-state index < -0.39 is 11.7 Å². The molecule has 2 rings (SSSR count). The van der Waals surface area contributed by atoms with Gasteiger partial charge in [0.25, 0.3) is 5.91 Å². The minimum absolute atomic E-state index is 0.201. The molecule has 0 radical (unpaired) electrons. The Hall–Kier alpha value is -1.99. The zero-order valence-electron chi connectivity index (χ0n) is 9.65. The van der Waals surface area contributed by atoms with Crippen molar-refractivity contribution < 1.29 is 9.18 Å². The summed E-state index contributed by atoms with van der Waals surface area (Å²) in [6.45, 7) is 0. The summed E-state index contributed by atoms with van der Waals surface area (Å²) in [6.07, 6.45) is 1.46. The van der Waals surface area contributed by atoms with Gasteiger partial charge in [-0.3, -0.25) is 15.6 Å². The van der Waals surface area contributed by atoms with Crippen molar-refractivity contribution in [3.63, 3.8) is 0 Å². The maximum absolute atomic E-state index is 12.9. The second kappa shape index (κ2) is 5.77.